The van der Waals surface area contributed by atoms with Gasteiger partial charge in [0, 0.05) is 11.8 Å². The fourth-order valence-electron chi connectivity index (χ4n) is 0.0645. The molecule has 0 saturated heterocycles. The minimum Gasteiger partial charge on any atom is -0.274 e. The largest absolute Gasteiger partial charge is 0.274 e. The maximum Gasteiger partial charge on any atom is 0.0496 e. The molecule has 0 unspecified atom stereocenters. The maximum absolute atomic E-state index is 9.04. The molecule has 30 valence electrons. The molecule has 3 nitrogen and oxygen atoms in total. The van der Waals surface area contributed by atoms with Crippen LogP contribution >= 0.6 is 0 Å². The monoisotopic (exact) mass is 74.0 g/mol. The lowest BCUT2D eigenvalue weighted by Crippen LogP contribution is -1.99. The van der Waals surface area contributed by atoms with Gasteiger partial charge in [-0.25, -0.2) is 0 Å². The Morgan fingerprint density at radius 3 is 2.60 bits per heavy atom. The Balaban J connectivity index is 2.40. The average Bonchev–Trinajstić information content (AvgIpc) is 1.41. The molecule has 0 aliphatic heterocycles. The molecule has 3 heteroatoms. The van der Waals surface area contributed by atoms with E-state index in [-0.39, 0.29) is 0 Å². The van der Waals surface area contributed by atoms with Crippen molar-refractivity contribution >= 4 is 0 Å². The van der Waals surface area contributed by atoms with Gasteiger partial charge in [-0.1, -0.05) is 0 Å². The average molecular weight is 74.1 g/mol. The van der Waals surface area contributed by atoms with Crippen LogP contribution < -0.4 is 5.43 Å². The van der Waals surface area contributed by atoms with E-state index in [1.165, 1.54) is 0 Å². The van der Waals surface area contributed by atoms with Gasteiger partial charge in [0.25, 0.3) is 0 Å². The summed E-state index contributed by atoms with van der Waals surface area (Å²) in [6.07, 6.45) is 0. The van der Waals surface area contributed by atoms with E-state index in [0.29, 0.717) is 6.54 Å². The highest BCUT2D eigenvalue weighted by Gasteiger charge is 1.59. The quantitative estimate of drug-likeness (QED) is 0.377. The molecular formula is C2H6N2O. The second-order valence-electron chi connectivity index (χ2n) is 0.603. The van der Waals surface area contributed by atoms with Crippen LogP contribution in [0.2, 0.25) is 0 Å². The third-order valence-corrected chi connectivity index (χ3v) is 0.223. The van der Waals surface area contributed by atoms with E-state index >= 15 is 0 Å². The van der Waals surface area contributed by atoms with Crippen molar-refractivity contribution in [3.05, 3.63) is 4.91 Å². The predicted octanol–water partition coefficient (Wildman–Crippen LogP) is 0.277. The van der Waals surface area contributed by atoms with Gasteiger partial charge in [0.15, 0.2) is 0 Å². The molecule has 0 spiro atoms. The summed E-state index contributed by atoms with van der Waals surface area (Å²) in [5.41, 5.74) is 2.18. The van der Waals surface area contributed by atoms with Crippen LogP contribution in [-0.2, 0) is 0 Å². The van der Waals surface area contributed by atoms with E-state index in [4.69, 9.17) is 4.91 Å². The van der Waals surface area contributed by atoms with Crippen LogP contribution in [0.25, 0.3) is 0 Å². The van der Waals surface area contributed by atoms with Crippen LogP contribution in [0.15, 0.2) is 5.29 Å². The molecule has 0 aliphatic carbocycles. The lowest BCUT2D eigenvalue weighted by molar-refractivity contribution is 0.775. The van der Waals surface area contributed by atoms with Crippen LogP contribution in [-0.4, -0.2) is 6.54 Å². The molecule has 0 heterocycles. The van der Waals surface area contributed by atoms with Crippen LogP contribution in [0.5, 0.6) is 0 Å². The number of nitroso groups, excluding NO2 is 1. The van der Waals surface area contributed by atoms with Crippen molar-refractivity contribution in [2.24, 2.45) is 5.29 Å². The number of rotatable bonds is 2. The van der Waals surface area contributed by atoms with Crippen LogP contribution in [0.4, 0.5) is 0 Å². The molecule has 0 rings (SSSR count). The zero-order chi connectivity index (χ0) is 4.12. The summed E-state index contributed by atoms with van der Waals surface area (Å²) in [4.78, 5) is 9.04. The highest BCUT2D eigenvalue weighted by Crippen LogP contribution is 1.47. The molecule has 1 N–H and O–H groups in total. The first-order valence-corrected chi connectivity index (χ1v) is 1.47. The molecule has 0 aliphatic rings. The summed E-state index contributed by atoms with van der Waals surface area (Å²) in [6.45, 7) is 2.42. The second kappa shape index (κ2) is 3.40. The Morgan fingerprint density at radius 1 is 2.00 bits per heavy atom. The van der Waals surface area contributed by atoms with Gasteiger partial charge < -0.3 is 0 Å². The van der Waals surface area contributed by atoms with Gasteiger partial charge >= 0.3 is 0 Å². The third-order valence-electron chi connectivity index (χ3n) is 0.223. The molecule has 0 fully saturated rings. The first-order chi connectivity index (χ1) is 2.41. The van der Waals surface area contributed by atoms with E-state index in [1.54, 1.807) is 6.92 Å². The SMILES string of the molecule is CCNN=O. The lowest BCUT2D eigenvalue weighted by Gasteiger charge is -1.76. The van der Waals surface area contributed by atoms with Gasteiger partial charge in [0.2, 0.25) is 0 Å². The van der Waals surface area contributed by atoms with Gasteiger partial charge in [-0.2, -0.15) is 0 Å². The van der Waals surface area contributed by atoms with Crippen molar-refractivity contribution in [1.82, 2.24) is 5.43 Å². The Kier molecular flexibility index (Phi) is 2.99. The first kappa shape index (κ1) is 4.40. The van der Waals surface area contributed by atoms with Crippen LogP contribution in [0.1, 0.15) is 6.92 Å². The second-order valence-corrected chi connectivity index (χ2v) is 0.603. The molecule has 0 aromatic heterocycles. The maximum atomic E-state index is 9.04. The fraction of sp³-hybridized carbons (Fsp3) is 1.00. The highest BCUT2D eigenvalue weighted by molar-refractivity contribution is 4.20. The lowest BCUT2D eigenvalue weighted by atomic mass is 10.8. The van der Waals surface area contributed by atoms with Crippen molar-refractivity contribution in [1.29, 1.82) is 0 Å². The van der Waals surface area contributed by atoms with E-state index in [2.05, 4.69) is 10.7 Å². The van der Waals surface area contributed by atoms with Gasteiger partial charge in [0.05, 0.1) is 0 Å². The van der Waals surface area contributed by atoms with Gasteiger partial charge in [-0.15, -0.1) is 4.91 Å². The van der Waals surface area contributed by atoms with E-state index in [1.807, 2.05) is 0 Å². The zero-order valence-electron chi connectivity index (χ0n) is 3.06. The minimum atomic E-state index is 0.615. The van der Waals surface area contributed by atoms with E-state index in [0.717, 1.165) is 0 Å². The Hall–Kier alpha value is -0.600. The molecule has 0 aromatic carbocycles. The highest BCUT2D eigenvalue weighted by atomic mass is 16.3. The van der Waals surface area contributed by atoms with Crippen molar-refractivity contribution in [2.75, 3.05) is 6.54 Å². The summed E-state index contributed by atoms with van der Waals surface area (Å²) in [7, 11) is 0. The Morgan fingerprint density at radius 2 is 2.60 bits per heavy atom. The topological polar surface area (TPSA) is 41.5 Å². The summed E-state index contributed by atoms with van der Waals surface area (Å²) < 4.78 is 0. The van der Waals surface area contributed by atoms with Crippen LogP contribution in [0.3, 0.4) is 0 Å². The summed E-state index contributed by atoms with van der Waals surface area (Å²) in [6, 6.07) is 0. The van der Waals surface area contributed by atoms with Crippen molar-refractivity contribution in [3.63, 3.8) is 0 Å². The van der Waals surface area contributed by atoms with E-state index < -0.39 is 0 Å². The molecule has 0 saturated carbocycles. The van der Waals surface area contributed by atoms with E-state index in [9.17, 15) is 0 Å². The summed E-state index contributed by atoms with van der Waals surface area (Å²) in [5, 5.41) is 2.35. The number of hydrogen-bond donors (Lipinski definition) is 1. The zero-order valence-corrected chi connectivity index (χ0v) is 3.06. The number of nitrogens with zero attached hydrogens (tertiary/aromatic N) is 1. The van der Waals surface area contributed by atoms with Gasteiger partial charge in [-0.05, 0) is 6.92 Å². The minimum absolute atomic E-state index is 0.615. The summed E-state index contributed by atoms with van der Waals surface area (Å²) in [5.74, 6) is 0. The normalized spacial score (nSPS) is 6.60. The van der Waals surface area contributed by atoms with Crippen molar-refractivity contribution in [3.8, 4) is 0 Å². The standard InChI is InChI=1S/C2H6N2O/c1-2-3-4-5/h2H2,1H3,(H,3,5). The molecule has 0 bridgehead atoms. The Labute approximate surface area is 30.3 Å². The molecule has 0 atom stereocenters. The van der Waals surface area contributed by atoms with Crippen LogP contribution in [0, 0.1) is 4.91 Å². The van der Waals surface area contributed by atoms with Gasteiger partial charge in [-0.3, -0.25) is 5.43 Å². The first-order valence-electron chi connectivity index (χ1n) is 1.47. The Bertz CT molecular complexity index is 28.8. The van der Waals surface area contributed by atoms with Gasteiger partial charge in [0.1, 0.15) is 0 Å². The number of hydrogen-bond acceptors (Lipinski definition) is 2. The van der Waals surface area contributed by atoms with Crippen molar-refractivity contribution < 1.29 is 0 Å². The third kappa shape index (κ3) is 3.40. The molecule has 5 heavy (non-hydrogen) atoms. The fourth-order valence-corrected chi connectivity index (χ4v) is 0.0645. The molecule has 0 radical (unpaired) electrons. The number of nitrogens with one attached hydrogen (secondary N) is 1. The molecular weight excluding hydrogens is 68.0 g/mol. The smallest absolute Gasteiger partial charge is 0.0496 e. The molecule has 0 aromatic rings. The summed E-state index contributed by atoms with van der Waals surface area (Å²) >= 11 is 0. The van der Waals surface area contributed by atoms with Crippen molar-refractivity contribution in [2.45, 2.75) is 6.92 Å². The molecule has 0 amide bonds. The predicted molar refractivity (Wildman–Crippen MR) is 19.5 cm³/mol.